The highest BCUT2D eigenvalue weighted by molar-refractivity contribution is 5.80. The van der Waals surface area contributed by atoms with Crippen LogP contribution in [0.25, 0.3) is 10.9 Å². The zero-order valence-corrected chi connectivity index (χ0v) is 15.2. The normalized spacial score (nSPS) is 17.7. The summed E-state index contributed by atoms with van der Waals surface area (Å²) in [4.78, 5) is 26.0. The maximum Gasteiger partial charge on any atom is 0.431 e. The monoisotopic (exact) mass is 382 g/mol. The van der Waals surface area contributed by atoms with Crippen LogP contribution in [0.15, 0.2) is 29.1 Å². The number of pyridine rings is 1. The molecule has 146 valence electrons. The fourth-order valence-electron chi connectivity index (χ4n) is 3.69. The average Bonchev–Trinajstić information content (AvgIpc) is 3.05. The number of aryl methyl sites for hydroxylation is 1. The van der Waals surface area contributed by atoms with Crippen LogP contribution >= 0.6 is 0 Å². The molecule has 2 aromatic rings. The fraction of sp³-hybridized carbons (Fsp3) is 0.474. The predicted octanol–water partition coefficient (Wildman–Crippen LogP) is 2.97. The van der Waals surface area contributed by atoms with E-state index in [0.717, 1.165) is 16.6 Å². The number of halogens is 3. The number of hydrogen-bond acceptors (Lipinski definition) is 3. The second-order valence-electron chi connectivity index (χ2n) is 6.84. The first-order valence-corrected chi connectivity index (χ1v) is 8.72. The molecule has 5 nitrogen and oxygen atoms in total. The van der Waals surface area contributed by atoms with Gasteiger partial charge in [-0.1, -0.05) is 11.6 Å². The number of nitrogens with zero attached hydrogens (tertiary/aromatic N) is 2. The zero-order chi connectivity index (χ0) is 19.8. The molecule has 3 rings (SSSR count). The second kappa shape index (κ2) is 7.34. The van der Waals surface area contributed by atoms with Crippen molar-refractivity contribution < 1.29 is 22.7 Å². The van der Waals surface area contributed by atoms with Gasteiger partial charge in [0.1, 0.15) is 12.3 Å². The van der Waals surface area contributed by atoms with Crippen molar-refractivity contribution in [3.05, 3.63) is 45.7 Å². The van der Waals surface area contributed by atoms with Crippen molar-refractivity contribution in [2.24, 2.45) is 0 Å². The summed E-state index contributed by atoms with van der Waals surface area (Å²) < 4.78 is 46.9. The van der Waals surface area contributed by atoms with Gasteiger partial charge in [-0.3, -0.25) is 9.59 Å². The number of aromatic nitrogens is 1. The van der Waals surface area contributed by atoms with Crippen molar-refractivity contribution in [2.75, 3.05) is 20.3 Å². The van der Waals surface area contributed by atoms with E-state index < -0.39 is 17.3 Å². The Hall–Kier alpha value is -2.35. The number of alkyl halides is 3. The van der Waals surface area contributed by atoms with Gasteiger partial charge in [-0.2, -0.15) is 13.2 Å². The van der Waals surface area contributed by atoms with Crippen LogP contribution in [-0.2, 0) is 22.3 Å². The minimum Gasteiger partial charge on any atom is -0.375 e. The van der Waals surface area contributed by atoms with E-state index in [0.29, 0.717) is 19.0 Å². The topological polar surface area (TPSA) is 51.5 Å². The minimum atomic E-state index is -4.67. The number of carbonyl (C=O) groups excluding carboxylic acids is 1. The Kier molecular flexibility index (Phi) is 5.28. The molecule has 0 spiro atoms. The van der Waals surface area contributed by atoms with E-state index >= 15 is 0 Å². The molecule has 0 N–H and O–H groups in total. The summed E-state index contributed by atoms with van der Waals surface area (Å²) >= 11 is 0. The molecule has 0 saturated carbocycles. The Morgan fingerprint density at radius 2 is 2.04 bits per heavy atom. The maximum atomic E-state index is 13.6. The lowest BCUT2D eigenvalue weighted by molar-refractivity contribution is -0.144. The molecule has 0 radical (unpaired) electrons. The van der Waals surface area contributed by atoms with Gasteiger partial charge in [0.05, 0.1) is 5.52 Å². The highest BCUT2D eigenvalue weighted by Gasteiger charge is 2.37. The molecule has 0 unspecified atom stereocenters. The molecular weight excluding hydrogens is 361 g/mol. The van der Waals surface area contributed by atoms with Crippen LogP contribution in [0.4, 0.5) is 13.2 Å². The number of fused-ring (bicyclic) bond motifs is 1. The van der Waals surface area contributed by atoms with Gasteiger partial charge in [0.15, 0.2) is 5.43 Å². The summed E-state index contributed by atoms with van der Waals surface area (Å²) in [6, 6.07) is 5.09. The summed E-state index contributed by atoms with van der Waals surface area (Å²) in [7, 11) is 1.41. The number of likely N-dealkylation sites (tertiary alicyclic amines) is 1. The van der Waals surface area contributed by atoms with E-state index in [4.69, 9.17) is 4.74 Å². The van der Waals surface area contributed by atoms with Crippen LogP contribution in [0.5, 0.6) is 0 Å². The number of rotatable bonds is 4. The van der Waals surface area contributed by atoms with Crippen molar-refractivity contribution in [1.82, 2.24) is 9.47 Å². The Labute approximate surface area is 154 Å². The quantitative estimate of drug-likeness (QED) is 0.817. The van der Waals surface area contributed by atoms with Gasteiger partial charge in [-0.15, -0.1) is 0 Å². The van der Waals surface area contributed by atoms with Crippen molar-refractivity contribution >= 4 is 16.8 Å². The standard InChI is InChI=1S/C19H21F3N2O3/c1-12-5-6-15-14(8-12)16(25)9-17(19(20,21)22)24(15)10-13-4-3-7-23(13)18(26)11-27-2/h5-6,8-9,13H,3-4,7,10-11H2,1-2H3/t13-/m1/s1. The molecule has 1 aliphatic rings. The van der Waals surface area contributed by atoms with Gasteiger partial charge in [0, 0.05) is 37.7 Å². The molecule has 0 bridgehead atoms. The van der Waals surface area contributed by atoms with Crippen LogP contribution < -0.4 is 5.43 Å². The number of methoxy groups -OCH3 is 1. The van der Waals surface area contributed by atoms with E-state index in [1.807, 2.05) is 0 Å². The van der Waals surface area contributed by atoms with Crippen molar-refractivity contribution in [1.29, 1.82) is 0 Å². The first-order chi connectivity index (χ1) is 12.7. The van der Waals surface area contributed by atoms with E-state index in [2.05, 4.69) is 0 Å². The molecule has 0 aliphatic carbocycles. The van der Waals surface area contributed by atoms with Gasteiger partial charge < -0.3 is 14.2 Å². The first-order valence-electron chi connectivity index (χ1n) is 8.72. The molecular formula is C19H21F3N2O3. The SMILES string of the molecule is COCC(=O)N1CCC[C@@H]1Cn1c(C(F)(F)F)cc(=O)c2cc(C)ccc21. The third-order valence-electron chi connectivity index (χ3n) is 4.92. The Bertz CT molecular complexity index is 921. The molecule has 1 atom stereocenters. The third-order valence-corrected chi connectivity index (χ3v) is 4.92. The molecule has 27 heavy (non-hydrogen) atoms. The van der Waals surface area contributed by atoms with Crippen LogP contribution in [0.2, 0.25) is 0 Å². The van der Waals surface area contributed by atoms with E-state index in [1.54, 1.807) is 24.0 Å². The van der Waals surface area contributed by atoms with Gasteiger partial charge in [0.25, 0.3) is 0 Å². The molecule has 8 heteroatoms. The summed E-state index contributed by atoms with van der Waals surface area (Å²) in [6.07, 6.45) is -3.34. The van der Waals surface area contributed by atoms with Gasteiger partial charge in [0.2, 0.25) is 5.91 Å². The third kappa shape index (κ3) is 3.85. The lowest BCUT2D eigenvalue weighted by Crippen LogP contribution is -2.41. The minimum absolute atomic E-state index is 0.0237. The van der Waals surface area contributed by atoms with E-state index in [9.17, 15) is 22.8 Å². The van der Waals surface area contributed by atoms with Crippen LogP contribution in [0, 0.1) is 6.92 Å². The van der Waals surface area contributed by atoms with E-state index in [1.165, 1.54) is 13.2 Å². The molecule has 1 saturated heterocycles. The van der Waals surface area contributed by atoms with Gasteiger partial charge in [-0.05, 0) is 31.9 Å². The Morgan fingerprint density at radius 3 is 2.70 bits per heavy atom. The number of benzene rings is 1. The zero-order valence-electron chi connectivity index (χ0n) is 15.2. The number of ether oxygens (including phenoxy) is 1. The van der Waals surface area contributed by atoms with Crippen molar-refractivity contribution in [3.8, 4) is 0 Å². The highest BCUT2D eigenvalue weighted by Crippen LogP contribution is 2.32. The van der Waals surface area contributed by atoms with E-state index in [-0.39, 0.29) is 36.0 Å². The summed E-state index contributed by atoms with van der Waals surface area (Å²) in [5.41, 5.74) is -0.624. The first kappa shape index (κ1) is 19.4. The highest BCUT2D eigenvalue weighted by atomic mass is 19.4. The van der Waals surface area contributed by atoms with Crippen LogP contribution in [0.1, 0.15) is 24.1 Å². The molecule has 2 heterocycles. The van der Waals surface area contributed by atoms with Gasteiger partial charge in [-0.25, -0.2) is 0 Å². The van der Waals surface area contributed by atoms with Crippen LogP contribution in [0.3, 0.4) is 0 Å². The molecule has 1 aromatic carbocycles. The smallest absolute Gasteiger partial charge is 0.375 e. The summed E-state index contributed by atoms with van der Waals surface area (Å²) in [6.45, 7) is 2.14. The Morgan fingerprint density at radius 1 is 1.30 bits per heavy atom. The molecule has 1 amide bonds. The number of hydrogen-bond donors (Lipinski definition) is 0. The fourth-order valence-corrected chi connectivity index (χ4v) is 3.69. The Balaban J connectivity index is 2.10. The molecule has 1 aromatic heterocycles. The van der Waals surface area contributed by atoms with Crippen LogP contribution in [-0.4, -0.2) is 41.7 Å². The molecule has 1 aliphatic heterocycles. The summed E-state index contributed by atoms with van der Waals surface area (Å²) in [5, 5.41) is 0.246. The maximum absolute atomic E-state index is 13.6. The second-order valence-corrected chi connectivity index (χ2v) is 6.84. The predicted molar refractivity (Wildman–Crippen MR) is 94.6 cm³/mol. The van der Waals surface area contributed by atoms with Gasteiger partial charge >= 0.3 is 6.18 Å². The number of amides is 1. The largest absolute Gasteiger partial charge is 0.431 e. The average molecular weight is 382 g/mol. The number of carbonyl (C=O) groups is 1. The lowest BCUT2D eigenvalue weighted by Gasteiger charge is -2.28. The van der Waals surface area contributed by atoms with Crippen molar-refractivity contribution in [3.63, 3.8) is 0 Å². The van der Waals surface area contributed by atoms with Crippen molar-refractivity contribution in [2.45, 2.75) is 38.5 Å². The summed E-state index contributed by atoms with van der Waals surface area (Å²) in [5.74, 6) is -0.241. The lowest BCUT2D eigenvalue weighted by atomic mass is 10.1. The molecule has 1 fully saturated rings.